The van der Waals surface area contributed by atoms with Crippen LogP contribution in [0.25, 0.3) is 10.9 Å². The molecule has 0 saturated heterocycles. The molecule has 0 bridgehead atoms. The number of carboxylic acids is 1. The minimum absolute atomic E-state index is 0.175. The van der Waals surface area contributed by atoms with Crippen LogP contribution in [0.1, 0.15) is 21.5 Å². The molecule has 0 amide bonds. The van der Waals surface area contributed by atoms with E-state index < -0.39 is 11.4 Å². The van der Waals surface area contributed by atoms with Crippen molar-refractivity contribution in [3.8, 4) is 0 Å². The highest BCUT2D eigenvalue weighted by Gasteiger charge is 2.16. The zero-order valence-electron chi connectivity index (χ0n) is 12.8. The van der Waals surface area contributed by atoms with Crippen molar-refractivity contribution in [1.82, 2.24) is 9.47 Å². The molecule has 0 fully saturated rings. The molecular formula is C16H20N2O3. The maximum atomic E-state index is 12.4. The molecule has 5 nitrogen and oxygen atoms in total. The summed E-state index contributed by atoms with van der Waals surface area (Å²) in [5, 5.41) is 9.72. The molecule has 1 heterocycles. The second-order valence-corrected chi connectivity index (χ2v) is 5.65. The Hall–Kier alpha value is -2.14. The van der Waals surface area contributed by atoms with E-state index in [0.29, 0.717) is 11.9 Å². The van der Waals surface area contributed by atoms with Gasteiger partial charge in [0, 0.05) is 24.7 Å². The van der Waals surface area contributed by atoms with E-state index >= 15 is 0 Å². The number of rotatable bonds is 4. The van der Waals surface area contributed by atoms with Crippen LogP contribution in [-0.4, -0.2) is 41.2 Å². The van der Waals surface area contributed by atoms with Crippen LogP contribution in [0.2, 0.25) is 0 Å². The lowest BCUT2D eigenvalue weighted by Gasteiger charge is -2.17. The number of benzene rings is 1. The molecular weight excluding hydrogens is 268 g/mol. The summed E-state index contributed by atoms with van der Waals surface area (Å²) < 4.78 is 1.87. The minimum atomic E-state index is -1.18. The number of carboxylic acid groups (broad SMARTS) is 1. The highest BCUT2D eigenvalue weighted by atomic mass is 16.4. The Morgan fingerprint density at radius 3 is 2.52 bits per heavy atom. The third-order valence-electron chi connectivity index (χ3n) is 3.52. The third kappa shape index (κ3) is 2.97. The van der Waals surface area contributed by atoms with Crippen molar-refractivity contribution in [2.45, 2.75) is 20.4 Å². The fourth-order valence-electron chi connectivity index (χ4n) is 2.57. The first-order valence-electron chi connectivity index (χ1n) is 6.83. The maximum absolute atomic E-state index is 12.4. The Balaban J connectivity index is 2.79. The number of carbonyl (C=O) groups is 1. The molecule has 0 atom stereocenters. The minimum Gasteiger partial charge on any atom is -0.477 e. The lowest BCUT2D eigenvalue weighted by Crippen LogP contribution is -2.23. The lowest BCUT2D eigenvalue weighted by atomic mass is 10.0. The van der Waals surface area contributed by atoms with Crippen molar-refractivity contribution >= 4 is 16.9 Å². The first-order valence-corrected chi connectivity index (χ1v) is 6.83. The number of hydrogen-bond donors (Lipinski definition) is 1. The predicted octanol–water partition coefficient (Wildman–Crippen LogP) is 1.88. The number of aromatic nitrogens is 1. The van der Waals surface area contributed by atoms with Crippen LogP contribution in [0, 0.1) is 13.8 Å². The molecule has 112 valence electrons. The van der Waals surface area contributed by atoms with E-state index in [2.05, 4.69) is 0 Å². The van der Waals surface area contributed by atoms with Gasteiger partial charge in [-0.1, -0.05) is 6.07 Å². The molecule has 0 saturated carbocycles. The topological polar surface area (TPSA) is 62.5 Å². The average Bonchev–Trinajstić information content (AvgIpc) is 2.37. The number of aryl methyl sites for hydroxylation is 2. The van der Waals surface area contributed by atoms with Gasteiger partial charge in [0.25, 0.3) is 0 Å². The van der Waals surface area contributed by atoms with Gasteiger partial charge in [0.15, 0.2) is 0 Å². The van der Waals surface area contributed by atoms with Gasteiger partial charge in [-0.2, -0.15) is 0 Å². The van der Waals surface area contributed by atoms with Crippen LogP contribution in [0.5, 0.6) is 0 Å². The van der Waals surface area contributed by atoms with Gasteiger partial charge in [0.2, 0.25) is 5.43 Å². The highest BCUT2D eigenvalue weighted by molar-refractivity contribution is 5.93. The number of likely N-dealkylation sites (N-methyl/N-ethyl adjacent to an activating group) is 1. The third-order valence-corrected chi connectivity index (χ3v) is 3.52. The summed E-state index contributed by atoms with van der Waals surface area (Å²) in [5.74, 6) is -1.18. The Labute approximate surface area is 123 Å². The fourth-order valence-corrected chi connectivity index (χ4v) is 2.57. The zero-order valence-corrected chi connectivity index (χ0v) is 12.8. The quantitative estimate of drug-likeness (QED) is 0.933. The highest BCUT2D eigenvalue weighted by Crippen LogP contribution is 2.19. The summed E-state index contributed by atoms with van der Waals surface area (Å²) in [4.78, 5) is 25.7. The first-order chi connectivity index (χ1) is 9.81. The largest absolute Gasteiger partial charge is 0.477 e. The lowest BCUT2D eigenvalue weighted by molar-refractivity contribution is 0.0695. The van der Waals surface area contributed by atoms with Crippen LogP contribution in [0.15, 0.2) is 23.1 Å². The van der Waals surface area contributed by atoms with E-state index in [1.165, 1.54) is 6.20 Å². The summed E-state index contributed by atoms with van der Waals surface area (Å²) in [5.41, 5.74) is 2.17. The number of aromatic carboxylic acids is 1. The van der Waals surface area contributed by atoms with Gasteiger partial charge in [-0.05, 0) is 45.1 Å². The van der Waals surface area contributed by atoms with Crippen LogP contribution >= 0.6 is 0 Å². The predicted molar refractivity (Wildman–Crippen MR) is 83.2 cm³/mol. The molecule has 0 unspecified atom stereocenters. The summed E-state index contributed by atoms with van der Waals surface area (Å²) in [7, 11) is 3.92. The van der Waals surface area contributed by atoms with Crippen molar-refractivity contribution in [3.05, 3.63) is 45.2 Å². The standard InChI is InChI=1S/C16H20N2O3/c1-10-7-11(2)14-12(8-10)15(19)13(16(20)21)9-18(14)6-5-17(3)4/h7-9H,5-6H2,1-4H3,(H,20,21). The second kappa shape index (κ2) is 5.69. The van der Waals surface area contributed by atoms with E-state index in [9.17, 15) is 14.7 Å². The van der Waals surface area contributed by atoms with E-state index in [1.54, 1.807) is 6.07 Å². The molecule has 0 aliphatic heterocycles. The normalized spacial score (nSPS) is 11.3. The van der Waals surface area contributed by atoms with Gasteiger partial charge < -0.3 is 14.6 Å². The number of hydrogen-bond acceptors (Lipinski definition) is 3. The molecule has 2 rings (SSSR count). The van der Waals surface area contributed by atoms with Gasteiger partial charge in [-0.3, -0.25) is 4.79 Å². The van der Waals surface area contributed by atoms with Crippen LogP contribution in [0.4, 0.5) is 0 Å². The maximum Gasteiger partial charge on any atom is 0.341 e. The van der Waals surface area contributed by atoms with Crippen molar-refractivity contribution in [2.75, 3.05) is 20.6 Å². The number of pyridine rings is 1. The van der Waals surface area contributed by atoms with E-state index in [4.69, 9.17) is 0 Å². The van der Waals surface area contributed by atoms with E-state index in [0.717, 1.165) is 23.2 Å². The second-order valence-electron chi connectivity index (χ2n) is 5.65. The molecule has 0 spiro atoms. The van der Waals surface area contributed by atoms with Gasteiger partial charge >= 0.3 is 5.97 Å². The molecule has 0 radical (unpaired) electrons. The van der Waals surface area contributed by atoms with Crippen molar-refractivity contribution < 1.29 is 9.90 Å². The SMILES string of the molecule is Cc1cc(C)c2c(c1)c(=O)c(C(=O)O)cn2CCN(C)C. The summed E-state index contributed by atoms with van der Waals surface area (Å²) in [6.45, 7) is 5.25. The van der Waals surface area contributed by atoms with Crippen LogP contribution in [0.3, 0.4) is 0 Å². The molecule has 1 N–H and O–H groups in total. The van der Waals surface area contributed by atoms with Crippen LogP contribution in [-0.2, 0) is 6.54 Å². The van der Waals surface area contributed by atoms with Crippen molar-refractivity contribution in [1.29, 1.82) is 0 Å². The molecule has 2 aromatic rings. The first kappa shape index (κ1) is 15.3. The molecule has 0 aliphatic carbocycles. The summed E-state index contributed by atoms with van der Waals surface area (Å²) in [6, 6.07) is 3.78. The molecule has 1 aromatic heterocycles. The van der Waals surface area contributed by atoms with Gasteiger partial charge in [0.05, 0.1) is 5.52 Å². The summed E-state index contributed by atoms with van der Waals surface area (Å²) in [6.07, 6.45) is 1.46. The summed E-state index contributed by atoms with van der Waals surface area (Å²) >= 11 is 0. The molecule has 1 aromatic carbocycles. The Morgan fingerprint density at radius 1 is 1.29 bits per heavy atom. The number of fused-ring (bicyclic) bond motifs is 1. The molecule has 5 heteroatoms. The van der Waals surface area contributed by atoms with Crippen LogP contribution < -0.4 is 5.43 Å². The van der Waals surface area contributed by atoms with Crippen molar-refractivity contribution in [3.63, 3.8) is 0 Å². The molecule has 21 heavy (non-hydrogen) atoms. The average molecular weight is 288 g/mol. The van der Waals surface area contributed by atoms with Crippen molar-refractivity contribution in [2.24, 2.45) is 0 Å². The Bertz CT molecular complexity index is 760. The van der Waals surface area contributed by atoms with Gasteiger partial charge in [-0.25, -0.2) is 4.79 Å². The van der Waals surface area contributed by atoms with Gasteiger partial charge in [0.1, 0.15) is 5.56 Å². The zero-order chi connectivity index (χ0) is 15.7. The van der Waals surface area contributed by atoms with E-state index in [1.807, 2.05) is 43.5 Å². The monoisotopic (exact) mass is 288 g/mol. The Morgan fingerprint density at radius 2 is 1.95 bits per heavy atom. The fraction of sp³-hybridized carbons (Fsp3) is 0.375. The Kier molecular flexibility index (Phi) is 4.14. The number of nitrogens with zero attached hydrogens (tertiary/aromatic N) is 2. The smallest absolute Gasteiger partial charge is 0.341 e. The van der Waals surface area contributed by atoms with E-state index in [-0.39, 0.29) is 5.56 Å². The van der Waals surface area contributed by atoms with Gasteiger partial charge in [-0.15, -0.1) is 0 Å². The molecule has 0 aliphatic rings.